The summed E-state index contributed by atoms with van der Waals surface area (Å²) in [6.07, 6.45) is 6.00. The van der Waals surface area contributed by atoms with Crippen molar-refractivity contribution in [2.24, 2.45) is 5.92 Å². The molecule has 0 radical (unpaired) electrons. The number of aryl methyl sites for hydroxylation is 2. The van der Waals surface area contributed by atoms with Crippen molar-refractivity contribution in [3.05, 3.63) is 64.9 Å². The molecule has 1 aliphatic rings. The summed E-state index contributed by atoms with van der Waals surface area (Å²) in [7, 11) is 1.69. The SMILES string of the molecule is COc1ccc(CCC2CCN(C(=O)CSc3nncn3-c3ccc(C)c(Cl)c3)CC2)cc1. The molecule has 2 heterocycles. The fourth-order valence-corrected chi connectivity index (χ4v) is 5.09. The van der Waals surface area contributed by atoms with Crippen LogP contribution in [0.2, 0.25) is 5.02 Å². The maximum atomic E-state index is 12.8. The minimum atomic E-state index is 0.157. The van der Waals surface area contributed by atoms with Gasteiger partial charge in [0.2, 0.25) is 5.91 Å². The Hall–Kier alpha value is -2.51. The average molecular weight is 485 g/mol. The maximum Gasteiger partial charge on any atom is 0.233 e. The molecule has 0 unspecified atom stereocenters. The number of aromatic nitrogens is 3. The predicted octanol–water partition coefficient (Wildman–Crippen LogP) is 5.20. The lowest BCUT2D eigenvalue weighted by molar-refractivity contribution is -0.129. The maximum absolute atomic E-state index is 12.8. The van der Waals surface area contributed by atoms with Crippen molar-refractivity contribution < 1.29 is 9.53 Å². The van der Waals surface area contributed by atoms with Gasteiger partial charge in [0.1, 0.15) is 12.1 Å². The zero-order valence-electron chi connectivity index (χ0n) is 19.0. The number of ether oxygens (including phenoxy) is 1. The largest absolute Gasteiger partial charge is 0.497 e. The van der Waals surface area contributed by atoms with Gasteiger partial charge in [-0.1, -0.05) is 41.6 Å². The van der Waals surface area contributed by atoms with Gasteiger partial charge >= 0.3 is 0 Å². The Kier molecular flexibility index (Phi) is 7.93. The number of carbonyl (C=O) groups excluding carboxylic acids is 1. The summed E-state index contributed by atoms with van der Waals surface area (Å²) in [5.41, 5.74) is 3.25. The Balaban J connectivity index is 1.24. The third kappa shape index (κ3) is 6.09. The molecule has 174 valence electrons. The van der Waals surface area contributed by atoms with Gasteiger partial charge in [0.25, 0.3) is 0 Å². The van der Waals surface area contributed by atoms with Crippen LogP contribution in [-0.4, -0.2) is 51.5 Å². The van der Waals surface area contributed by atoms with Crippen LogP contribution in [0, 0.1) is 12.8 Å². The molecule has 1 amide bonds. The van der Waals surface area contributed by atoms with Crippen LogP contribution in [0.15, 0.2) is 53.9 Å². The smallest absolute Gasteiger partial charge is 0.233 e. The van der Waals surface area contributed by atoms with Gasteiger partial charge in [-0.3, -0.25) is 9.36 Å². The Bertz CT molecular complexity index is 1080. The lowest BCUT2D eigenvalue weighted by Gasteiger charge is -2.32. The fraction of sp³-hybridized carbons (Fsp3) is 0.400. The van der Waals surface area contributed by atoms with Crippen LogP contribution in [0.4, 0.5) is 0 Å². The minimum Gasteiger partial charge on any atom is -0.497 e. The van der Waals surface area contributed by atoms with E-state index >= 15 is 0 Å². The standard InChI is InChI=1S/C25H29ClN4O2S/c1-18-3-8-21(15-23(18)26)30-17-27-28-25(30)33-16-24(31)29-13-11-20(12-14-29)5-4-19-6-9-22(32-2)10-7-19/h3,6-10,15,17,20H,4-5,11-14,16H2,1-2H3. The fourth-order valence-electron chi connectivity index (χ4n) is 4.08. The van der Waals surface area contributed by atoms with Gasteiger partial charge in [-0.2, -0.15) is 0 Å². The van der Waals surface area contributed by atoms with Crippen molar-refractivity contribution in [3.63, 3.8) is 0 Å². The Labute approximate surface area is 204 Å². The first-order chi connectivity index (χ1) is 16.0. The lowest BCUT2D eigenvalue weighted by Crippen LogP contribution is -2.39. The molecule has 0 N–H and O–H groups in total. The molecule has 0 spiro atoms. The van der Waals surface area contributed by atoms with E-state index in [1.807, 2.05) is 46.7 Å². The monoisotopic (exact) mass is 484 g/mol. The molecule has 4 rings (SSSR count). The Morgan fingerprint density at radius 3 is 2.64 bits per heavy atom. The number of likely N-dealkylation sites (tertiary alicyclic amines) is 1. The average Bonchev–Trinajstić information content (AvgIpc) is 3.32. The summed E-state index contributed by atoms with van der Waals surface area (Å²) in [4.78, 5) is 14.8. The van der Waals surface area contributed by atoms with Crippen LogP contribution in [0.25, 0.3) is 5.69 Å². The van der Waals surface area contributed by atoms with Crippen LogP contribution >= 0.6 is 23.4 Å². The number of amides is 1. The van der Waals surface area contributed by atoms with Crippen molar-refractivity contribution >= 4 is 29.3 Å². The highest BCUT2D eigenvalue weighted by atomic mass is 35.5. The first-order valence-electron chi connectivity index (χ1n) is 11.2. The van der Waals surface area contributed by atoms with Gasteiger partial charge in [0, 0.05) is 18.1 Å². The highest BCUT2D eigenvalue weighted by Gasteiger charge is 2.23. The number of benzene rings is 2. The van der Waals surface area contributed by atoms with Crippen molar-refractivity contribution in [2.45, 2.75) is 37.8 Å². The highest BCUT2D eigenvalue weighted by Crippen LogP contribution is 2.26. The number of rotatable bonds is 8. The summed E-state index contributed by atoms with van der Waals surface area (Å²) in [6, 6.07) is 14.1. The molecular formula is C25H29ClN4O2S. The van der Waals surface area contributed by atoms with E-state index in [2.05, 4.69) is 22.3 Å². The molecule has 2 aromatic carbocycles. The predicted molar refractivity (Wildman–Crippen MR) is 132 cm³/mol. The van der Waals surface area contributed by atoms with Crippen molar-refractivity contribution in [2.75, 3.05) is 26.0 Å². The van der Waals surface area contributed by atoms with Gasteiger partial charge < -0.3 is 9.64 Å². The number of piperidine rings is 1. The van der Waals surface area contributed by atoms with Gasteiger partial charge in [-0.25, -0.2) is 0 Å². The Morgan fingerprint density at radius 2 is 1.94 bits per heavy atom. The van der Waals surface area contributed by atoms with Gasteiger partial charge in [0.05, 0.1) is 18.6 Å². The van der Waals surface area contributed by atoms with Crippen LogP contribution in [-0.2, 0) is 11.2 Å². The van der Waals surface area contributed by atoms with Gasteiger partial charge in [-0.15, -0.1) is 10.2 Å². The van der Waals surface area contributed by atoms with E-state index in [9.17, 15) is 4.79 Å². The van der Waals surface area contributed by atoms with Crippen molar-refractivity contribution in [3.8, 4) is 11.4 Å². The number of hydrogen-bond donors (Lipinski definition) is 0. The summed E-state index contributed by atoms with van der Waals surface area (Å²) < 4.78 is 7.10. The summed E-state index contributed by atoms with van der Waals surface area (Å²) in [5.74, 6) is 2.07. The van der Waals surface area contributed by atoms with E-state index in [0.717, 1.165) is 55.8 Å². The summed E-state index contributed by atoms with van der Waals surface area (Å²) in [6.45, 7) is 3.62. The highest BCUT2D eigenvalue weighted by molar-refractivity contribution is 7.99. The molecule has 0 saturated carbocycles. The van der Waals surface area contributed by atoms with Crippen molar-refractivity contribution in [1.82, 2.24) is 19.7 Å². The second-order valence-corrected chi connectivity index (χ2v) is 9.77. The molecule has 0 bridgehead atoms. The van der Waals surface area contributed by atoms with E-state index < -0.39 is 0 Å². The van der Waals surface area contributed by atoms with Gasteiger partial charge in [-0.05, 0) is 73.9 Å². The van der Waals surface area contributed by atoms with Crippen LogP contribution < -0.4 is 4.74 Å². The van der Waals surface area contributed by atoms with E-state index in [0.29, 0.717) is 21.8 Å². The van der Waals surface area contributed by atoms with Crippen molar-refractivity contribution in [1.29, 1.82) is 0 Å². The number of hydrogen-bond acceptors (Lipinski definition) is 5. The number of methoxy groups -OCH3 is 1. The van der Waals surface area contributed by atoms with Gasteiger partial charge in [0.15, 0.2) is 5.16 Å². The first kappa shape index (κ1) is 23.6. The number of carbonyl (C=O) groups is 1. The zero-order chi connectivity index (χ0) is 23.2. The minimum absolute atomic E-state index is 0.157. The second-order valence-electron chi connectivity index (χ2n) is 8.42. The molecular weight excluding hydrogens is 456 g/mol. The molecule has 6 nitrogen and oxygen atoms in total. The first-order valence-corrected chi connectivity index (χ1v) is 12.6. The Morgan fingerprint density at radius 1 is 1.18 bits per heavy atom. The third-order valence-electron chi connectivity index (χ3n) is 6.24. The van der Waals surface area contributed by atoms with E-state index in [4.69, 9.17) is 16.3 Å². The number of nitrogens with zero attached hydrogens (tertiary/aromatic N) is 4. The summed E-state index contributed by atoms with van der Waals surface area (Å²) in [5, 5.41) is 9.60. The van der Waals surface area contributed by atoms with Crippen LogP contribution in [0.1, 0.15) is 30.4 Å². The lowest BCUT2D eigenvalue weighted by atomic mass is 9.90. The number of halogens is 1. The third-order valence-corrected chi connectivity index (χ3v) is 7.58. The zero-order valence-corrected chi connectivity index (χ0v) is 20.6. The van der Waals surface area contributed by atoms with Crippen LogP contribution in [0.3, 0.4) is 0 Å². The molecule has 33 heavy (non-hydrogen) atoms. The van der Waals surface area contributed by atoms with E-state index in [1.165, 1.54) is 17.3 Å². The topological polar surface area (TPSA) is 60.2 Å². The second kappa shape index (κ2) is 11.1. The van der Waals surface area contributed by atoms with Crippen LogP contribution in [0.5, 0.6) is 5.75 Å². The summed E-state index contributed by atoms with van der Waals surface area (Å²) >= 11 is 7.68. The number of thioether (sulfide) groups is 1. The normalized spacial score (nSPS) is 14.5. The van der Waals surface area contributed by atoms with E-state index in [-0.39, 0.29) is 5.91 Å². The molecule has 1 saturated heterocycles. The quantitative estimate of drug-likeness (QED) is 0.411. The molecule has 8 heteroatoms. The molecule has 3 aromatic rings. The molecule has 1 aromatic heterocycles. The molecule has 0 aliphatic carbocycles. The van der Waals surface area contributed by atoms with E-state index in [1.54, 1.807) is 13.4 Å². The molecule has 1 aliphatic heterocycles. The molecule has 0 atom stereocenters. The molecule has 1 fully saturated rings.